The molecular formula is C21H16ClNO5. The second kappa shape index (κ2) is 10.6. The van der Waals surface area contributed by atoms with Crippen molar-refractivity contribution in [3.63, 3.8) is 0 Å². The number of non-ortho nitro benzene ring substituents is 1. The van der Waals surface area contributed by atoms with Crippen molar-refractivity contribution in [3.05, 3.63) is 112 Å². The molecular weight excluding hydrogens is 382 g/mol. The predicted molar refractivity (Wildman–Crippen MR) is 105 cm³/mol. The molecule has 7 heteroatoms. The largest absolute Gasteiger partial charge is 0.449 e. The van der Waals surface area contributed by atoms with Crippen molar-refractivity contribution in [2.75, 3.05) is 0 Å². The van der Waals surface area contributed by atoms with E-state index in [0.29, 0.717) is 11.1 Å². The number of ketones is 1. The maximum Gasteiger partial charge on any atom is 0.404 e. The lowest BCUT2D eigenvalue weighted by Gasteiger charge is -2.00. The molecule has 0 spiro atoms. The van der Waals surface area contributed by atoms with Gasteiger partial charge in [0.25, 0.3) is 5.69 Å². The Morgan fingerprint density at radius 2 is 1.32 bits per heavy atom. The first kappa shape index (κ1) is 20.8. The Kier molecular flexibility index (Phi) is 7.87. The monoisotopic (exact) mass is 397 g/mol. The number of benzene rings is 3. The van der Waals surface area contributed by atoms with Crippen molar-refractivity contribution in [3.8, 4) is 0 Å². The van der Waals surface area contributed by atoms with Crippen LogP contribution >= 0.6 is 11.6 Å². The molecule has 3 aromatic carbocycles. The van der Waals surface area contributed by atoms with Crippen LogP contribution in [-0.2, 0) is 11.3 Å². The van der Waals surface area contributed by atoms with Gasteiger partial charge in [0.05, 0.1) is 4.92 Å². The highest BCUT2D eigenvalue weighted by Crippen LogP contribution is 2.15. The lowest BCUT2D eigenvalue weighted by molar-refractivity contribution is -0.384. The van der Waals surface area contributed by atoms with Crippen LogP contribution in [-0.4, -0.2) is 16.1 Å². The van der Waals surface area contributed by atoms with E-state index in [-0.39, 0.29) is 18.1 Å². The normalized spacial score (nSPS) is 9.61. The number of nitro benzene ring substituents is 1. The van der Waals surface area contributed by atoms with Crippen LogP contribution in [0.2, 0.25) is 0 Å². The maximum absolute atomic E-state index is 12.0. The summed E-state index contributed by atoms with van der Waals surface area (Å²) in [5, 5.41) is 10.5. The summed E-state index contributed by atoms with van der Waals surface area (Å²) >= 11 is 4.97. The Balaban J connectivity index is 0.000000221. The molecule has 0 aliphatic heterocycles. The van der Waals surface area contributed by atoms with Crippen LogP contribution in [0.3, 0.4) is 0 Å². The molecule has 0 aliphatic carbocycles. The van der Waals surface area contributed by atoms with E-state index in [4.69, 9.17) is 11.6 Å². The van der Waals surface area contributed by atoms with Crippen molar-refractivity contribution >= 4 is 28.5 Å². The summed E-state index contributed by atoms with van der Waals surface area (Å²) in [4.78, 5) is 32.1. The smallest absolute Gasteiger partial charge is 0.404 e. The van der Waals surface area contributed by atoms with Gasteiger partial charge < -0.3 is 4.74 Å². The molecule has 3 rings (SSSR count). The number of halogens is 1. The molecule has 0 aromatic heterocycles. The van der Waals surface area contributed by atoms with Gasteiger partial charge in [0.1, 0.15) is 6.61 Å². The predicted octanol–water partition coefficient (Wildman–Crippen LogP) is 5.39. The minimum Gasteiger partial charge on any atom is -0.449 e. The van der Waals surface area contributed by atoms with E-state index in [1.165, 1.54) is 24.3 Å². The summed E-state index contributed by atoms with van der Waals surface area (Å²) in [6.45, 7) is 0.239. The second-order valence-electron chi connectivity index (χ2n) is 5.51. The number of carbonyl (C=O) groups is 2. The van der Waals surface area contributed by atoms with Crippen molar-refractivity contribution in [1.29, 1.82) is 0 Å². The molecule has 6 nitrogen and oxygen atoms in total. The number of nitrogens with zero attached hydrogens (tertiary/aromatic N) is 1. The maximum atomic E-state index is 12.0. The number of hydrogen-bond donors (Lipinski definition) is 0. The van der Waals surface area contributed by atoms with E-state index in [1.807, 2.05) is 36.4 Å². The van der Waals surface area contributed by atoms with Crippen LogP contribution in [0.5, 0.6) is 0 Å². The molecule has 0 N–H and O–H groups in total. The van der Waals surface area contributed by atoms with Crippen molar-refractivity contribution in [1.82, 2.24) is 0 Å². The number of nitro groups is 1. The lowest BCUT2D eigenvalue weighted by Crippen LogP contribution is -2.00. The molecule has 0 amide bonds. The molecule has 0 saturated carbocycles. The Bertz CT molecular complexity index is 928. The number of carbonyl (C=O) groups excluding carboxylic acids is 2. The Morgan fingerprint density at radius 3 is 1.82 bits per heavy atom. The van der Waals surface area contributed by atoms with E-state index in [9.17, 15) is 19.7 Å². The van der Waals surface area contributed by atoms with Gasteiger partial charge in [0.15, 0.2) is 5.78 Å². The zero-order valence-electron chi connectivity index (χ0n) is 14.7. The summed E-state index contributed by atoms with van der Waals surface area (Å²) in [6, 6.07) is 23.8. The number of ether oxygens (including phenoxy) is 1. The van der Waals surface area contributed by atoms with Gasteiger partial charge in [-0.15, -0.1) is 0 Å². The van der Waals surface area contributed by atoms with E-state index >= 15 is 0 Å². The number of hydrogen-bond acceptors (Lipinski definition) is 5. The molecule has 0 heterocycles. The van der Waals surface area contributed by atoms with Crippen LogP contribution in [0.4, 0.5) is 10.5 Å². The fraction of sp³-hybridized carbons (Fsp3) is 0.0476. The van der Waals surface area contributed by atoms with Crippen molar-refractivity contribution in [2.45, 2.75) is 6.61 Å². The highest BCUT2D eigenvalue weighted by molar-refractivity contribution is 6.61. The summed E-state index contributed by atoms with van der Waals surface area (Å²) in [5.74, 6) is -0.138. The van der Waals surface area contributed by atoms with Crippen LogP contribution in [0.1, 0.15) is 21.5 Å². The first-order chi connectivity index (χ1) is 13.5. The summed E-state index contributed by atoms with van der Waals surface area (Å²) in [7, 11) is 0. The zero-order chi connectivity index (χ0) is 20.4. The van der Waals surface area contributed by atoms with Crippen LogP contribution in [0, 0.1) is 10.1 Å². The average molecular weight is 398 g/mol. The average Bonchev–Trinajstić information content (AvgIpc) is 2.73. The highest BCUT2D eigenvalue weighted by atomic mass is 35.5. The van der Waals surface area contributed by atoms with Gasteiger partial charge in [-0.05, 0) is 17.7 Å². The van der Waals surface area contributed by atoms with E-state index < -0.39 is 10.4 Å². The molecule has 0 aliphatic rings. The Morgan fingerprint density at radius 1 is 0.821 bits per heavy atom. The molecule has 0 saturated heterocycles. The van der Waals surface area contributed by atoms with Crippen LogP contribution in [0.25, 0.3) is 0 Å². The summed E-state index contributed by atoms with van der Waals surface area (Å²) in [5.41, 5.74) is 1.16. The van der Waals surface area contributed by atoms with E-state index in [2.05, 4.69) is 4.74 Å². The quantitative estimate of drug-likeness (QED) is 0.249. The first-order valence-corrected chi connectivity index (χ1v) is 8.55. The lowest BCUT2D eigenvalue weighted by atomic mass is 10.0. The summed E-state index contributed by atoms with van der Waals surface area (Å²) < 4.78 is 4.55. The fourth-order valence-corrected chi connectivity index (χ4v) is 2.26. The van der Waals surface area contributed by atoms with E-state index in [0.717, 1.165) is 5.56 Å². The molecule has 0 atom stereocenters. The molecule has 0 fully saturated rings. The molecule has 3 aromatic rings. The van der Waals surface area contributed by atoms with Crippen LogP contribution < -0.4 is 0 Å². The topological polar surface area (TPSA) is 86.5 Å². The molecule has 0 bridgehead atoms. The molecule has 142 valence electrons. The number of rotatable bonds is 5. The molecule has 0 unspecified atom stereocenters. The highest BCUT2D eigenvalue weighted by Gasteiger charge is 2.10. The third kappa shape index (κ3) is 6.66. The van der Waals surface area contributed by atoms with Gasteiger partial charge in [0.2, 0.25) is 0 Å². The standard InChI is InChI=1S/C13H9NO3.C8H7ClO2/c15-13(10-4-2-1-3-5-10)11-6-8-12(9-7-11)14(16)17;9-8(10)11-6-7-4-2-1-3-5-7/h1-9H;1-5H,6H2. The van der Waals surface area contributed by atoms with Gasteiger partial charge >= 0.3 is 5.43 Å². The van der Waals surface area contributed by atoms with Gasteiger partial charge in [-0.1, -0.05) is 60.7 Å². The van der Waals surface area contributed by atoms with Gasteiger partial charge in [0, 0.05) is 34.9 Å². The summed E-state index contributed by atoms with van der Waals surface area (Å²) in [6.07, 6.45) is 0. The van der Waals surface area contributed by atoms with E-state index in [1.54, 1.807) is 24.3 Å². The molecule has 28 heavy (non-hydrogen) atoms. The minimum atomic E-state index is -0.770. The zero-order valence-corrected chi connectivity index (χ0v) is 15.4. The third-order valence-corrected chi connectivity index (χ3v) is 3.68. The fourth-order valence-electron chi connectivity index (χ4n) is 2.21. The molecule has 0 radical (unpaired) electrons. The van der Waals surface area contributed by atoms with Crippen LogP contribution in [0.15, 0.2) is 84.9 Å². The van der Waals surface area contributed by atoms with Crippen molar-refractivity contribution in [2.24, 2.45) is 0 Å². The van der Waals surface area contributed by atoms with Gasteiger partial charge in [-0.2, -0.15) is 0 Å². The third-order valence-electron chi connectivity index (χ3n) is 3.57. The SMILES string of the molecule is O=C(Cl)OCc1ccccc1.O=C(c1ccccc1)c1ccc([N+](=O)[O-])cc1. The van der Waals surface area contributed by atoms with Crippen molar-refractivity contribution < 1.29 is 19.2 Å². The Hall–Kier alpha value is -3.51. The van der Waals surface area contributed by atoms with Gasteiger partial charge in [-0.3, -0.25) is 14.9 Å². The first-order valence-electron chi connectivity index (χ1n) is 8.18. The second-order valence-corrected chi connectivity index (χ2v) is 5.82. The van der Waals surface area contributed by atoms with Gasteiger partial charge in [-0.25, -0.2) is 4.79 Å². The Labute approximate surface area is 166 Å². The minimum absolute atomic E-state index is 0.0189.